The summed E-state index contributed by atoms with van der Waals surface area (Å²) >= 11 is 7.22. The standard InChI is InChI=1S/C16H15ClFNO3S/c17-14-11-5-4-10(18)8-12(11)23-15(14)16(21)22-9-13(20)19-6-2-1-3-7-19/h4-5,8H,1-3,6-7,9H2. The Labute approximate surface area is 141 Å². The molecule has 1 aromatic heterocycles. The van der Waals surface area contributed by atoms with Crippen molar-refractivity contribution in [3.63, 3.8) is 0 Å². The average Bonchev–Trinajstić information content (AvgIpc) is 2.89. The highest BCUT2D eigenvalue weighted by atomic mass is 35.5. The lowest BCUT2D eigenvalue weighted by molar-refractivity contribution is -0.135. The first-order valence-corrected chi connectivity index (χ1v) is 8.58. The Morgan fingerprint density at radius 2 is 2.00 bits per heavy atom. The van der Waals surface area contributed by atoms with Gasteiger partial charge in [0.25, 0.3) is 5.91 Å². The Kier molecular flexibility index (Phi) is 4.82. The summed E-state index contributed by atoms with van der Waals surface area (Å²) in [5.41, 5.74) is 0. The Morgan fingerprint density at radius 1 is 1.26 bits per heavy atom. The van der Waals surface area contributed by atoms with Gasteiger partial charge < -0.3 is 9.64 Å². The SMILES string of the molecule is O=C(OCC(=O)N1CCCCC1)c1sc2cc(F)ccc2c1Cl. The van der Waals surface area contributed by atoms with Gasteiger partial charge in [-0.1, -0.05) is 11.6 Å². The number of fused-ring (bicyclic) bond motifs is 1. The zero-order chi connectivity index (χ0) is 16.4. The van der Waals surface area contributed by atoms with Crippen LogP contribution in [-0.4, -0.2) is 36.5 Å². The van der Waals surface area contributed by atoms with Crippen LogP contribution in [0.1, 0.15) is 28.9 Å². The number of hydrogen-bond acceptors (Lipinski definition) is 4. The van der Waals surface area contributed by atoms with Gasteiger partial charge in [-0.15, -0.1) is 11.3 Å². The number of thiophene rings is 1. The molecule has 1 amide bonds. The van der Waals surface area contributed by atoms with Gasteiger partial charge in [0.1, 0.15) is 10.7 Å². The summed E-state index contributed by atoms with van der Waals surface area (Å²) in [6, 6.07) is 4.14. The summed E-state index contributed by atoms with van der Waals surface area (Å²) in [6.45, 7) is 1.12. The minimum atomic E-state index is -0.651. The summed E-state index contributed by atoms with van der Waals surface area (Å²) in [4.78, 5) is 26.1. The highest BCUT2D eigenvalue weighted by Gasteiger charge is 2.22. The van der Waals surface area contributed by atoms with Crippen molar-refractivity contribution in [2.45, 2.75) is 19.3 Å². The third kappa shape index (κ3) is 3.48. The number of hydrogen-bond donors (Lipinski definition) is 0. The molecule has 0 N–H and O–H groups in total. The van der Waals surface area contributed by atoms with Crippen molar-refractivity contribution in [2.24, 2.45) is 0 Å². The van der Waals surface area contributed by atoms with Crippen LogP contribution in [0.2, 0.25) is 5.02 Å². The molecule has 2 aromatic rings. The Balaban J connectivity index is 1.68. The number of carbonyl (C=O) groups is 2. The minimum absolute atomic E-state index is 0.193. The van der Waals surface area contributed by atoms with Crippen LogP contribution in [0.15, 0.2) is 18.2 Å². The Hall–Kier alpha value is -1.66. The quantitative estimate of drug-likeness (QED) is 0.785. The van der Waals surface area contributed by atoms with Crippen LogP contribution in [0.4, 0.5) is 4.39 Å². The summed E-state index contributed by atoms with van der Waals surface area (Å²) in [6.07, 6.45) is 3.08. The van der Waals surface area contributed by atoms with Crippen molar-refractivity contribution in [1.82, 2.24) is 4.90 Å². The van der Waals surface area contributed by atoms with Gasteiger partial charge in [0.05, 0.1) is 5.02 Å². The molecule has 0 bridgehead atoms. The molecule has 0 radical (unpaired) electrons. The lowest BCUT2D eigenvalue weighted by Gasteiger charge is -2.26. The molecule has 3 rings (SSSR count). The number of amides is 1. The molecule has 0 aliphatic carbocycles. The van der Waals surface area contributed by atoms with Gasteiger partial charge in [0.2, 0.25) is 0 Å². The zero-order valence-electron chi connectivity index (χ0n) is 12.3. The first kappa shape index (κ1) is 16.2. The predicted molar refractivity (Wildman–Crippen MR) is 87.5 cm³/mol. The van der Waals surface area contributed by atoms with Crippen LogP contribution in [0.25, 0.3) is 10.1 Å². The van der Waals surface area contributed by atoms with Crippen molar-refractivity contribution in [3.05, 3.63) is 33.9 Å². The number of benzene rings is 1. The normalized spacial score (nSPS) is 15.0. The van der Waals surface area contributed by atoms with Gasteiger partial charge in [0, 0.05) is 23.2 Å². The third-order valence-electron chi connectivity index (χ3n) is 3.81. The number of esters is 1. The summed E-state index contributed by atoms with van der Waals surface area (Å²) in [5, 5.41) is 0.841. The number of halogens is 2. The van der Waals surface area contributed by atoms with E-state index in [4.69, 9.17) is 16.3 Å². The largest absolute Gasteiger partial charge is 0.451 e. The van der Waals surface area contributed by atoms with Gasteiger partial charge in [-0.2, -0.15) is 0 Å². The van der Waals surface area contributed by atoms with E-state index in [1.54, 1.807) is 4.90 Å². The van der Waals surface area contributed by atoms with E-state index < -0.39 is 11.8 Å². The topological polar surface area (TPSA) is 46.6 Å². The molecule has 1 aliphatic rings. The summed E-state index contributed by atoms with van der Waals surface area (Å²) in [7, 11) is 0. The van der Waals surface area contributed by atoms with E-state index in [0.29, 0.717) is 23.2 Å². The van der Waals surface area contributed by atoms with Crippen LogP contribution >= 0.6 is 22.9 Å². The fourth-order valence-electron chi connectivity index (χ4n) is 2.60. The van der Waals surface area contributed by atoms with Crippen LogP contribution in [0, 0.1) is 5.82 Å². The molecule has 2 heterocycles. The highest BCUT2D eigenvalue weighted by Crippen LogP contribution is 2.36. The van der Waals surface area contributed by atoms with E-state index in [1.165, 1.54) is 18.2 Å². The summed E-state index contributed by atoms with van der Waals surface area (Å²) < 4.78 is 18.9. The van der Waals surface area contributed by atoms with Crippen LogP contribution < -0.4 is 0 Å². The van der Waals surface area contributed by atoms with E-state index >= 15 is 0 Å². The lowest BCUT2D eigenvalue weighted by Crippen LogP contribution is -2.38. The van der Waals surface area contributed by atoms with Gasteiger partial charge in [-0.05, 0) is 37.5 Å². The molecule has 4 nitrogen and oxygen atoms in total. The van der Waals surface area contributed by atoms with Gasteiger partial charge >= 0.3 is 5.97 Å². The molecule has 0 spiro atoms. The molecule has 0 unspecified atom stereocenters. The molecule has 1 fully saturated rings. The second-order valence-electron chi connectivity index (χ2n) is 5.40. The molecule has 0 atom stereocenters. The Bertz CT molecular complexity index is 755. The molecule has 122 valence electrons. The predicted octanol–water partition coefficient (Wildman–Crippen LogP) is 3.86. The second kappa shape index (κ2) is 6.84. The monoisotopic (exact) mass is 355 g/mol. The van der Waals surface area contributed by atoms with Crippen molar-refractivity contribution in [3.8, 4) is 0 Å². The number of rotatable bonds is 3. The molecule has 1 aliphatic heterocycles. The second-order valence-corrected chi connectivity index (χ2v) is 6.83. The Morgan fingerprint density at radius 3 is 2.74 bits per heavy atom. The van der Waals surface area contributed by atoms with Gasteiger partial charge in [-0.3, -0.25) is 4.79 Å². The smallest absolute Gasteiger partial charge is 0.350 e. The molecule has 7 heteroatoms. The lowest BCUT2D eigenvalue weighted by atomic mass is 10.1. The first-order chi connectivity index (χ1) is 11.1. The average molecular weight is 356 g/mol. The molecule has 0 saturated carbocycles. The maximum absolute atomic E-state index is 13.2. The first-order valence-electron chi connectivity index (χ1n) is 7.38. The van der Waals surface area contributed by atoms with Crippen LogP contribution in [-0.2, 0) is 9.53 Å². The maximum Gasteiger partial charge on any atom is 0.350 e. The minimum Gasteiger partial charge on any atom is -0.451 e. The summed E-state index contributed by atoms with van der Waals surface area (Å²) in [5.74, 6) is -1.24. The molecule has 1 aromatic carbocycles. The number of nitrogens with zero attached hydrogens (tertiary/aromatic N) is 1. The molecular weight excluding hydrogens is 341 g/mol. The fraction of sp³-hybridized carbons (Fsp3) is 0.375. The van der Waals surface area contributed by atoms with E-state index in [2.05, 4.69) is 0 Å². The maximum atomic E-state index is 13.2. The molecular formula is C16H15ClFNO3S. The van der Waals surface area contributed by atoms with E-state index in [1.807, 2.05) is 0 Å². The van der Waals surface area contributed by atoms with Crippen molar-refractivity contribution in [1.29, 1.82) is 0 Å². The van der Waals surface area contributed by atoms with E-state index in [-0.39, 0.29) is 22.4 Å². The third-order valence-corrected chi connectivity index (χ3v) is 5.45. The number of ether oxygens (including phenoxy) is 1. The van der Waals surface area contributed by atoms with Gasteiger partial charge in [-0.25, -0.2) is 9.18 Å². The van der Waals surface area contributed by atoms with Crippen molar-refractivity contribution in [2.75, 3.05) is 19.7 Å². The zero-order valence-corrected chi connectivity index (χ0v) is 13.9. The van der Waals surface area contributed by atoms with Crippen molar-refractivity contribution >= 4 is 44.9 Å². The highest BCUT2D eigenvalue weighted by molar-refractivity contribution is 7.21. The molecule has 1 saturated heterocycles. The van der Waals surface area contributed by atoms with Crippen LogP contribution in [0.5, 0.6) is 0 Å². The number of carbonyl (C=O) groups excluding carboxylic acids is 2. The number of piperidine rings is 1. The van der Waals surface area contributed by atoms with Crippen molar-refractivity contribution < 1.29 is 18.7 Å². The van der Waals surface area contributed by atoms with E-state index in [0.717, 1.165) is 30.6 Å². The van der Waals surface area contributed by atoms with E-state index in [9.17, 15) is 14.0 Å². The van der Waals surface area contributed by atoms with Gasteiger partial charge in [0.15, 0.2) is 6.61 Å². The molecule has 23 heavy (non-hydrogen) atoms. The fourth-order valence-corrected chi connectivity index (χ4v) is 4.02. The van der Waals surface area contributed by atoms with Crippen LogP contribution in [0.3, 0.4) is 0 Å². The number of likely N-dealkylation sites (tertiary alicyclic amines) is 1.